The summed E-state index contributed by atoms with van der Waals surface area (Å²) in [4.78, 5) is 6.31. The average molecular weight is 282 g/mol. The van der Waals surface area contributed by atoms with E-state index in [1.54, 1.807) is 7.11 Å². The van der Waals surface area contributed by atoms with Gasteiger partial charge in [0, 0.05) is 18.0 Å². The Morgan fingerprint density at radius 3 is 2.79 bits per heavy atom. The molecule has 0 aromatic carbocycles. The van der Waals surface area contributed by atoms with Gasteiger partial charge in [-0.3, -0.25) is 0 Å². The normalized spacial score (nSPS) is 23.1. The van der Waals surface area contributed by atoms with Crippen LogP contribution in [-0.4, -0.2) is 18.6 Å². The molecule has 0 radical (unpaired) electrons. The minimum Gasteiger partial charge on any atom is -0.374 e. The van der Waals surface area contributed by atoms with E-state index >= 15 is 0 Å². The summed E-state index contributed by atoms with van der Waals surface area (Å²) in [5.74, 6) is 0. The number of rotatable bonds is 5. The maximum atomic E-state index is 5.54. The molecule has 0 bridgehead atoms. The molecule has 2 unspecified atom stereocenters. The Hall–Kier alpha value is -0.450. The lowest BCUT2D eigenvalue weighted by Crippen LogP contribution is -2.32. The van der Waals surface area contributed by atoms with Crippen molar-refractivity contribution in [3.05, 3.63) is 15.6 Å². The van der Waals surface area contributed by atoms with Gasteiger partial charge in [0.05, 0.1) is 5.69 Å². The van der Waals surface area contributed by atoms with Crippen LogP contribution in [0, 0.1) is 5.41 Å². The maximum Gasteiger partial charge on any atom is 0.122 e. The van der Waals surface area contributed by atoms with Crippen LogP contribution in [0.25, 0.3) is 0 Å². The summed E-state index contributed by atoms with van der Waals surface area (Å²) in [5.41, 5.74) is 1.62. The van der Waals surface area contributed by atoms with Crippen molar-refractivity contribution < 1.29 is 4.74 Å². The summed E-state index contributed by atoms with van der Waals surface area (Å²) in [6.45, 7) is 10.0. The summed E-state index contributed by atoms with van der Waals surface area (Å²) in [6, 6.07) is 0.462. The third kappa shape index (κ3) is 3.18. The largest absolute Gasteiger partial charge is 0.374 e. The average Bonchev–Trinajstić information content (AvgIpc) is 2.73. The molecular formula is C15H26N2OS. The first-order valence-corrected chi connectivity index (χ1v) is 8.08. The van der Waals surface area contributed by atoms with Crippen molar-refractivity contribution >= 4 is 11.3 Å². The standard InChI is InChI=1S/C15H26N2OS/c1-6-12(18-5)14-17-11-9-15(3,4)8-10(16-7-2)13(11)19-14/h10,12,16H,6-9H2,1-5H3. The summed E-state index contributed by atoms with van der Waals surface area (Å²) >= 11 is 1.84. The number of thiazole rings is 1. The highest BCUT2D eigenvalue weighted by molar-refractivity contribution is 7.11. The lowest BCUT2D eigenvalue weighted by atomic mass is 9.76. The first kappa shape index (κ1) is 14.9. The van der Waals surface area contributed by atoms with Crippen LogP contribution in [0.4, 0.5) is 0 Å². The molecule has 108 valence electrons. The Morgan fingerprint density at radius 1 is 1.47 bits per heavy atom. The Kier molecular flexibility index (Phi) is 4.64. The molecule has 0 amide bonds. The highest BCUT2D eigenvalue weighted by atomic mass is 32.1. The van der Waals surface area contributed by atoms with Crippen LogP contribution in [0.2, 0.25) is 0 Å². The fourth-order valence-corrected chi connectivity index (χ4v) is 4.26. The monoisotopic (exact) mass is 282 g/mol. The second-order valence-electron chi connectivity index (χ2n) is 6.15. The number of nitrogens with one attached hydrogen (secondary N) is 1. The molecule has 0 saturated heterocycles. The molecule has 4 heteroatoms. The van der Waals surface area contributed by atoms with Crippen LogP contribution in [0.1, 0.15) is 68.3 Å². The number of methoxy groups -OCH3 is 1. The molecule has 1 aliphatic rings. The Bertz CT molecular complexity index is 424. The molecule has 1 N–H and O–H groups in total. The number of aromatic nitrogens is 1. The molecule has 0 spiro atoms. The summed E-state index contributed by atoms with van der Waals surface area (Å²) in [7, 11) is 1.78. The quantitative estimate of drug-likeness (QED) is 0.890. The second kappa shape index (κ2) is 5.90. The topological polar surface area (TPSA) is 34.2 Å². The zero-order valence-electron chi connectivity index (χ0n) is 12.7. The van der Waals surface area contributed by atoms with Crippen LogP contribution in [0.3, 0.4) is 0 Å². The minimum atomic E-state index is 0.154. The summed E-state index contributed by atoms with van der Waals surface area (Å²) < 4.78 is 5.54. The molecule has 0 aliphatic heterocycles. The Labute approximate surface area is 120 Å². The number of ether oxygens (including phenoxy) is 1. The van der Waals surface area contributed by atoms with Gasteiger partial charge in [-0.25, -0.2) is 4.98 Å². The van der Waals surface area contributed by atoms with Gasteiger partial charge in [0.25, 0.3) is 0 Å². The van der Waals surface area contributed by atoms with Gasteiger partial charge in [0.15, 0.2) is 0 Å². The van der Waals surface area contributed by atoms with Gasteiger partial charge < -0.3 is 10.1 Å². The molecule has 1 aromatic rings. The molecule has 19 heavy (non-hydrogen) atoms. The molecule has 2 atom stereocenters. The van der Waals surface area contributed by atoms with E-state index in [4.69, 9.17) is 9.72 Å². The van der Waals surface area contributed by atoms with Crippen molar-refractivity contribution in [1.29, 1.82) is 0 Å². The van der Waals surface area contributed by atoms with Gasteiger partial charge in [0.2, 0.25) is 0 Å². The predicted octanol–water partition coefficient (Wildman–Crippen LogP) is 3.86. The van der Waals surface area contributed by atoms with Crippen molar-refractivity contribution in [2.75, 3.05) is 13.7 Å². The Morgan fingerprint density at radius 2 is 2.21 bits per heavy atom. The van der Waals surface area contributed by atoms with Crippen LogP contribution in [-0.2, 0) is 11.2 Å². The molecule has 3 nitrogen and oxygen atoms in total. The van der Waals surface area contributed by atoms with E-state index in [1.165, 1.54) is 17.0 Å². The van der Waals surface area contributed by atoms with Crippen LogP contribution >= 0.6 is 11.3 Å². The second-order valence-corrected chi connectivity index (χ2v) is 7.21. The first-order valence-electron chi connectivity index (χ1n) is 7.26. The van der Waals surface area contributed by atoms with E-state index < -0.39 is 0 Å². The van der Waals surface area contributed by atoms with Gasteiger partial charge in [-0.05, 0) is 31.2 Å². The molecule has 1 aromatic heterocycles. The fourth-order valence-electron chi connectivity index (χ4n) is 2.94. The van der Waals surface area contributed by atoms with Gasteiger partial charge >= 0.3 is 0 Å². The smallest absolute Gasteiger partial charge is 0.122 e. The summed E-state index contributed by atoms with van der Waals surface area (Å²) in [6.07, 6.45) is 3.42. The van der Waals surface area contributed by atoms with Gasteiger partial charge in [-0.2, -0.15) is 0 Å². The molecular weight excluding hydrogens is 256 g/mol. The third-order valence-corrected chi connectivity index (χ3v) is 5.15. The molecule has 1 aliphatic carbocycles. The first-order chi connectivity index (χ1) is 9.00. The van der Waals surface area contributed by atoms with Gasteiger partial charge in [0.1, 0.15) is 11.1 Å². The lowest BCUT2D eigenvalue weighted by molar-refractivity contribution is 0.0995. The van der Waals surface area contributed by atoms with Crippen molar-refractivity contribution in [2.45, 2.75) is 59.1 Å². The zero-order valence-corrected chi connectivity index (χ0v) is 13.6. The van der Waals surface area contributed by atoms with E-state index in [0.29, 0.717) is 11.5 Å². The van der Waals surface area contributed by atoms with Crippen molar-refractivity contribution in [1.82, 2.24) is 10.3 Å². The van der Waals surface area contributed by atoms with E-state index in [-0.39, 0.29) is 6.10 Å². The van der Waals surface area contributed by atoms with E-state index in [9.17, 15) is 0 Å². The van der Waals surface area contributed by atoms with Crippen molar-refractivity contribution in [3.8, 4) is 0 Å². The summed E-state index contributed by atoms with van der Waals surface area (Å²) in [5, 5.41) is 4.76. The third-order valence-electron chi connectivity index (χ3n) is 3.84. The number of hydrogen-bond acceptors (Lipinski definition) is 4. The molecule has 0 fully saturated rings. The molecule has 1 heterocycles. The van der Waals surface area contributed by atoms with E-state index in [0.717, 1.165) is 24.4 Å². The fraction of sp³-hybridized carbons (Fsp3) is 0.800. The molecule has 2 rings (SSSR count). The maximum absolute atomic E-state index is 5.54. The lowest BCUT2D eigenvalue weighted by Gasteiger charge is -2.34. The SMILES string of the molecule is CCNC1CC(C)(C)Cc2nc(C(CC)OC)sc21. The van der Waals surface area contributed by atoms with E-state index in [2.05, 4.69) is 33.0 Å². The van der Waals surface area contributed by atoms with Crippen molar-refractivity contribution in [2.24, 2.45) is 5.41 Å². The van der Waals surface area contributed by atoms with Gasteiger partial charge in [-0.15, -0.1) is 11.3 Å². The number of fused-ring (bicyclic) bond motifs is 1. The highest BCUT2D eigenvalue weighted by Gasteiger charge is 2.35. The predicted molar refractivity (Wildman–Crippen MR) is 80.7 cm³/mol. The highest BCUT2D eigenvalue weighted by Crippen LogP contribution is 2.44. The minimum absolute atomic E-state index is 0.154. The van der Waals surface area contributed by atoms with Gasteiger partial charge in [-0.1, -0.05) is 27.7 Å². The van der Waals surface area contributed by atoms with Crippen molar-refractivity contribution in [3.63, 3.8) is 0 Å². The zero-order chi connectivity index (χ0) is 14.0. The Balaban J connectivity index is 2.33. The number of nitrogens with zero attached hydrogens (tertiary/aromatic N) is 1. The number of hydrogen-bond donors (Lipinski definition) is 1. The van der Waals surface area contributed by atoms with E-state index in [1.807, 2.05) is 11.3 Å². The molecule has 0 saturated carbocycles. The van der Waals surface area contributed by atoms with Crippen LogP contribution in [0.15, 0.2) is 0 Å². The van der Waals surface area contributed by atoms with Crippen LogP contribution in [0.5, 0.6) is 0 Å². The van der Waals surface area contributed by atoms with Crippen LogP contribution < -0.4 is 5.32 Å².